The minimum Gasteiger partial charge on any atom is -0.327 e. The molecule has 112 valence electrons. The van der Waals surface area contributed by atoms with Crippen molar-refractivity contribution < 1.29 is 0 Å². The predicted molar refractivity (Wildman–Crippen MR) is 83.1 cm³/mol. The first kappa shape index (κ1) is 15.3. The van der Waals surface area contributed by atoms with Gasteiger partial charge in [-0.3, -0.25) is 0 Å². The van der Waals surface area contributed by atoms with Gasteiger partial charge in [0.2, 0.25) is 0 Å². The van der Waals surface area contributed by atoms with Crippen LogP contribution in [0, 0.1) is 23.2 Å². The maximum atomic E-state index is 6.38. The molecule has 0 aliphatic heterocycles. The Hall–Kier alpha value is -0.0800. The lowest BCUT2D eigenvalue weighted by Crippen LogP contribution is -2.45. The molecule has 2 nitrogen and oxygen atoms in total. The van der Waals surface area contributed by atoms with E-state index >= 15 is 0 Å². The average molecular weight is 266 g/mol. The molecule has 0 aromatic heterocycles. The zero-order valence-electron chi connectivity index (χ0n) is 13.5. The Kier molecular flexibility index (Phi) is 4.94. The second kappa shape index (κ2) is 6.13. The van der Waals surface area contributed by atoms with E-state index in [9.17, 15) is 0 Å². The Balaban J connectivity index is 1.82. The van der Waals surface area contributed by atoms with Crippen molar-refractivity contribution in [3.8, 4) is 0 Å². The summed E-state index contributed by atoms with van der Waals surface area (Å²) in [5.74, 6) is 2.54. The highest BCUT2D eigenvalue weighted by atomic mass is 15.1. The number of hydrogen-bond donors (Lipinski definition) is 1. The zero-order valence-corrected chi connectivity index (χ0v) is 13.5. The van der Waals surface area contributed by atoms with Gasteiger partial charge >= 0.3 is 0 Å². The third-order valence-corrected chi connectivity index (χ3v) is 5.61. The number of rotatable bonds is 4. The fourth-order valence-electron chi connectivity index (χ4n) is 3.87. The van der Waals surface area contributed by atoms with E-state index in [1.54, 1.807) is 0 Å². The highest BCUT2D eigenvalue weighted by Gasteiger charge is 2.35. The summed E-state index contributed by atoms with van der Waals surface area (Å²) in [6, 6.07) is 0.433. The lowest BCUT2D eigenvalue weighted by molar-refractivity contribution is 0.0960. The molecule has 2 aliphatic carbocycles. The third kappa shape index (κ3) is 4.19. The largest absolute Gasteiger partial charge is 0.327 e. The number of hydrogen-bond acceptors (Lipinski definition) is 2. The molecular weight excluding hydrogens is 232 g/mol. The lowest BCUT2D eigenvalue weighted by Gasteiger charge is -2.42. The Bertz CT molecular complexity index is 277. The summed E-state index contributed by atoms with van der Waals surface area (Å²) in [6.07, 6.45) is 8.24. The van der Waals surface area contributed by atoms with Gasteiger partial charge in [-0.2, -0.15) is 0 Å². The van der Waals surface area contributed by atoms with Crippen molar-refractivity contribution in [2.75, 3.05) is 20.1 Å². The fraction of sp³-hybridized carbons (Fsp3) is 1.00. The predicted octanol–water partition coefficient (Wildman–Crippen LogP) is 3.51. The van der Waals surface area contributed by atoms with Crippen LogP contribution in [0.1, 0.15) is 59.3 Å². The minimum absolute atomic E-state index is 0.433. The monoisotopic (exact) mass is 266 g/mol. The van der Waals surface area contributed by atoms with Gasteiger partial charge in [0.15, 0.2) is 0 Å². The van der Waals surface area contributed by atoms with Crippen LogP contribution in [0.5, 0.6) is 0 Å². The van der Waals surface area contributed by atoms with Gasteiger partial charge in [0.05, 0.1) is 0 Å². The highest BCUT2D eigenvalue weighted by molar-refractivity contribution is 4.89. The summed E-state index contributed by atoms with van der Waals surface area (Å²) < 4.78 is 0. The summed E-state index contributed by atoms with van der Waals surface area (Å²) in [5, 5.41) is 0. The molecule has 2 saturated carbocycles. The van der Waals surface area contributed by atoms with Gasteiger partial charge in [0.25, 0.3) is 0 Å². The maximum Gasteiger partial charge on any atom is 0.00795 e. The van der Waals surface area contributed by atoms with E-state index in [0.29, 0.717) is 17.4 Å². The van der Waals surface area contributed by atoms with Crippen LogP contribution in [0.25, 0.3) is 0 Å². The summed E-state index contributed by atoms with van der Waals surface area (Å²) in [4.78, 5) is 2.55. The van der Waals surface area contributed by atoms with E-state index in [-0.39, 0.29) is 0 Å². The first-order chi connectivity index (χ1) is 8.86. The molecule has 0 bridgehead atoms. The molecule has 3 atom stereocenters. The minimum atomic E-state index is 0.433. The first-order valence-corrected chi connectivity index (χ1v) is 8.30. The molecule has 0 aromatic carbocycles. The van der Waals surface area contributed by atoms with E-state index in [1.165, 1.54) is 51.6 Å². The van der Waals surface area contributed by atoms with Crippen molar-refractivity contribution in [3.63, 3.8) is 0 Å². The van der Waals surface area contributed by atoms with Crippen LogP contribution in [0.4, 0.5) is 0 Å². The molecule has 2 aliphatic rings. The van der Waals surface area contributed by atoms with Crippen molar-refractivity contribution in [1.82, 2.24) is 4.90 Å². The molecule has 19 heavy (non-hydrogen) atoms. The van der Waals surface area contributed by atoms with Crippen LogP contribution in [0.2, 0.25) is 0 Å². The van der Waals surface area contributed by atoms with Crippen molar-refractivity contribution in [1.29, 1.82) is 0 Å². The van der Waals surface area contributed by atoms with E-state index in [4.69, 9.17) is 5.73 Å². The van der Waals surface area contributed by atoms with Crippen molar-refractivity contribution in [2.24, 2.45) is 28.9 Å². The molecule has 0 saturated heterocycles. The smallest absolute Gasteiger partial charge is 0.00795 e. The van der Waals surface area contributed by atoms with Gasteiger partial charge in [-0.1, -0.05) is 27.2 Å². The van der Waals surface area contributed by atoms with Crippen LogP contribution < -0.4 is 5.73 Å². The molecule has 0 amide bonds. The Morgan fingerprint density at radius 3 is 2.26 bits per heavy atom. The first-order valence-electron chi connectivity index (χ1n) is 8.30. The average Bonchev–Trinajstić information content (AvgIpc) is 2.25. The lowest BCUT2D eigenvalue weighted by atomic mass is 9.67. The van der Waals surface area contributed by atoms with Gasteiger partial charge < -0.3 is 10.6 Å². The second-order valence-electron chi connectivity index (χ2n) is 8.32. The van der Waals surface area contributed by atoms with Crippen LogP contribution in [-0.2, 0) is 0 Å². The molecule has 2 N–H and O–H groups in total. The van der Waals surface area contributed by atoms with Crippen LogP contribution in [0.15, 0.2) is 0 Å². The standard InChI is InChI=1S/C17H34N2/c1-17(2,3)15-8-9-16(18)14(10-15)12-19(4)11-13-6-5-7-13/h13-16H,5-12,18H2,1-4H3. The molecule has 0 radical (unpaired) electrons. The SMILES string of the molecule is CN(CC1CCC1)CC1CC(C(C)(C)C)CCC1N. The Labute approximate surface area is 120 Å². The van der Waals surface area contributed by atoms with Gasteiger partial charge in [-0.15, -0.1) is 0 Å². The molecule has 2 heteroatoms. The van der Waals surface area contributed by atoms with Crippen molar-refractivity contribution >= 4 is 0 Å². The Morgan fingerprint density at radius 2 is 1.74 bits per heavy atom. The van der Waals surface area contributed by atoms with E-state index in [1.807, 2.05) is 0 Å². The highest BCUT2D eigenvalue weighted by Crippen LogP contribution is 2.40. The molecule has 2 rings (SSSR count). The zero-order chi connectivity index (χ0) is 14.0. The molecule has 0 spiro atoms. The van der Waals surface area contributed by atoms with Crippen LogP contribution in [0.3, 0.4) is 0 Å². The molecule has 0 aromatic rings. The van der Waals surface area contributed by atoms with Crippen molar-refractivity contribution in [2.45, 2.75) is 65.3 Å². The van der Waals surface area contributed by atoms with E-state index in [0.717, 1.165) is 11.8 Å². The molecular formula is C17H34N2. The Morgan fingerprint density at radius 1 is 1.05 bits per heavy atom. The van der Waals surface area contributed by atoms with Crippen LogP contribution in [-0.4, -0.2) is 31.1 Å². The van der Waals surface area contributed by atoms with Gasteiger partial charge in [-0.05, 0) is 62.3 Å². The summed E-state index contributed by atoms with van der Waals surface area (Å²) in [6.45, 7) is 9.69. The third-order valence-electron chi connectivity index (χ3n) is 5.61. The van der Waals surface area contributed by atoms with Crippen molar-refractivity contribution in [3.05, 3.63) is 0 Å². The van der Waals surface area contributed by atoms with Crippen LogP contribution >= 0.6 is 0 Å². The molecule has 0 heterocycles. The summed E-state index contributed by atoms with van der Waals surface area (Å²) in [5.41, 5.74) is 6.83. The molecule has 2 fully saturated rings. The normalized spacial score (nSPS) is 33.5. The van der Waals surface area contributed by atoms with E-state index < -0.39 is 0 Å². The van der Waals surface area contributed by atoms with Gasteiger partial charge in [0, 0.05) is 19.1 Å². The number of nitrogens with zero attached hydrogens (tertiary/aromatic N) is 1. The quantitative estimate of drug-likeness (QED) is 0.844. The summed E-state index contributed by atoms with van der Waals surface area (Å²) >= 11 is 0. The number of nitrogens with two attached hydrogens (primary N) is 1. The van der Waals surface area contributed by atoms with Gasteiger partial charge in [0.1, 0.15) is 0 Å². The van der Waals surface area contributed by atoms with E-state index in [2.05, 4.69) is 32.7 Å². The molecule has 3 unspecified atom stereocenters. The maximum absolute atomic E-state index is 6.38. The fourth-order valence-corrected chi connectivity index (χ4v) is 3.87. The summed E-state index contributed by atoms with van der Waals surface area (Å²) in [7, 11) is 2.30. The van der Waals surface area contributed by atoms with Gasteiger partial charge in [-0.25, -0.2) is 0 Å². The topological polar surface area (TPSA) is 29.3 Å². The second-order valence-corrected chi connectivity index (χ2v) is 8.32.